The fourth-order valence-electron chi connectivity index (χ4n) is 3.28. The minimum Gasteiger partial charge on any atom is -0.365 e. The summed E-state index contributed by atoms with van der Waals surface area (Å²) >= 11 is 12.2. The first kappa shape index (κ1) is 19.7. The molecule has 3 N–H and O–H groups in total. The highest BCUT2D eigenvalue weighted by Gasteiger charge is 2.25. The molecule has 1 amide bonds. The smallest absolute Gasteiger partial charge is 0.256 e. The van der Waals surface area contributed by atoms with Crippen LogP contribution in [0.5, 0.6) is 0 Å². The Morgan fingerprint density at radius 1 is 1.24 bits per heavy atom. The Labute approximate surface area is 177 Å². The number of rotatable bonds is 5. The van der Waals surface area contributed by atoms with Gasteiger partial charge in [0.1, 0.15) is 17.7 Å². The maximum Gasteiger partial charge on any atom is 0.256 e. The molecule has 1 aliphatic rings. The Morgan fingerprint density at radius 3 is 2.69 bits per heavy atom. The number of aromatic nitrogens is 4. The summed E-state index contributed by atoms with van der Waals surface area (Å²) in [6, 6.07) is 5.24. The molecule has 4 rings (SSSR count). The number of hydrogen-bond acceptors (Lipinski definition) is 7. The number of fused-ring (bicyclic) bond motifs is 1. The van der Waals surface area contributed by atoms with Crippen LogP contribution in [0, 0.1) is 0 Å². The second kappa shape index (κ2) is 8.02. The molecule has 1 aromatic carbocycles. The van der Waals surface area contributed by atoms with Crippen molar-refractivity contribution in [2.45, 2.75) is 6.54 Å². The van der Waals surface area contributed by atoms with E-state index in [1.165, 1.54) is 6.33 Å². The lowest BCUT2D eigenvalue weighted by Crippen LogP contribution is -2.45. The van der Waals surface area contributed by atoms with Gasteiger partial charge in [-0.3, -0.25) is 4.79 Å². The van der Waals surface area contributed by atoms with Gasteiger partial charge in [-0.05, 0) is 24.7 Å². The molecule has 0 bridgehead atoms. The summed E-state index contributed by atoms with van der Waals surface area (Å²) in [5.74, 6) is 0.323. The molecular formula is C18H20Cl2N8O. The predicted octanol–water partition coefficient (Wildman–Crippen LogP) is 1.89. The number of carbonyl (C=O) groups excluding carboxylic acids is 1. The van der Waals surface area contributed by atoms with Crippen LogP contribution < -0.4 is 16.0 Å². The Kier molecular flexibility index (Phi) is 5.44. The average molecular weight is 435 g/mol. The number of benzene rings is 1. The topological polar surface area (TPSA) is 105 Å². The van der Waals surface area contributed by atoms with Gasteiger partial charge in [-0.1, -0.05) is 29.3 Å². The molecular weight excluding hydrogens is 415 g/mol. The van der Waals surface area contributed by atoms with Crippen molar-refractivity contribution >= 4 is 46.5 Å². The van der Waals surface area contributed by atoms with Crippen molar-refractivity contribution in [2.24, 2.45) is 5.73 Å². The van der Waals surface area contributed by atoms with Gasteiger partial charge in [0.25, 0.3) is 5.91 Å². The fourth-order valence-corrected chi connectivity index (χ4v) is 3.75. The van der Waals surface area contributed by atoms with Crippen molar-refractivity contribution < 1.29 is 4.79 Å². The number of primary amides is 1. The van der Waals surface area contributed by atoms with Gasteiger partial charge < -0.3 is 20.9 Å². The number of hydrogen-bond donors (Lipinski definition) is 2. The molecule has 2 aromatic heterocycles. The van der Waals surface area contributed by atoms with Crippen molar-refractivity contribution in [2.75, 3.05) is 43.4 Å². The molecule has 3 heterocycles. The molecule has 1 saturated heterocycles. The first-order chi connectivity index (χ1) is 13.9. The summed E-state index contributed by atoms with van der Waals surface area (Å²) in [6.45, 7) is 3.72. The van der Waals surface area contributed by atoms with E-state index in [1.54, 1.807) is 16.6 Å². The summed E-state index contributed by atoms with van der Waals surface area (Å²) < 4.78 is 1.56. The molecule has 0 saturated carbocycles. The first-order valence-corrected chi connectivity index (χ1v) is 9.84. The van der Waals surface area contributed by atoms with Crippen LogP contribution in [0.1, 0.15) is 15.9 Å². The summed E-state index contributed by atoms with van der Waals surface area (Å²) in [4.78, 5) is 25.5. The molecule has 0 aliphatic carbocycles. The number of nitrogens with two attached hydrogens (primary N) is 1. The Morgan fingerprint density at radius 2 is 2.00 bits per heavy atom. The highest BCUT2D eigenvalue weighted by Crippen LogP contribution is 2.26. The van der Waals surface area contributed by atoms with Crippen molar-refractivity contribution in [3.05, 3.63) is 45.7 Å². The summed E-state index contributed by atoms with van der Waals surface area (Å²) in [5, 5.41) is 8.51. The van der Waals surface area contributed by atoms with E-state index >= 15 is 0 Å². The van der Waals surface area contributed by atoms with E-state index in [9.17, 15) is 4.79 Å². The minimum atomic E-state index is -0.634. The number of amides is 1. The van der Waals surface area contributed by atoms with Crippen LogP contribution in [-0.2, 0) is 6.54 Å². The Balaban J connectivity index is 1.73. The van der Waals surface area contributed by atoms with Crippen LogP contribution in [-0.4, -0.2) is 63.6 Å². The third-order valence-corrected chi connectivity index (χ3v) is 5.49. The van der Waals surface area contributed by atoms with Crippen LogP contribution in [0.2, 0.25) is 10.0 Å². The standard InChI is InChI=1S/C18H20Cl2N8O/c1-26-4-6-27(7-5-26)18-25-16(14(15(21)29)17-23-10-24-28(17)18)22-9-11-2-3-12(19)8-13(11)20/h2-3,8,10,22H,4-7,9H2,1H3,(H2,21,29). The lowest BCUT2D eigenvalue weighted by Gasteiger charge is -2.33. The zero-order valence-electron chi connectivity index (χ0n) is 15.8. The Hall–Kier alpha value is -2.62. The van der Waals surface area contributed by atoms with Gasteiger partial charge in [0.2, 0.25) is 5.95 Å². The van der Waals surface area contributed by atoms with Crippen LogP contribution in [0.4, 0.5) is 11.8 Å². The third kappa shape index (κ3) is 3.93. The van der Waals surface area contributed by atoms with E-state index in [1.807, 2.05) is 6.07 Å². The van der Waals surface area contributed by atoms with Gasteiger partial charge in [-0.25, -0.2) is 4.98 Å². The van der Waals surface area contributed by atoms with Gasteiger partial charge >= 0.3 is 0 Å². The molecule has 0 unspecified atom stereocenters. The van der Waals surface area contributed by atoms with E-state index in [0.29, 0.717) is 34.0 Å². The van der Waals surface area contributed by atoms with Crippen molar-refractivity contribution in [3.63, 3.8) is 0 Å². The van der Waals surface area contributed by atoms with Gasteiger partial charge in [0.05, 0.1) is 0 Å². The van der Waals surface area contributed by atoms with E-state index in [0.717, 1.165) is 31.7 Å². The van der Waals surface area contributed by atoms with Crippen LogP contribution >= 0.6 is 23.2 Å². The average Bonchev–Trinajstić information content (AvgIpc) is 3.16. The zero-order chi connectivity index (χ0) is 20.5. The quantitative estimate of drug-likeness (QED) is 0.631. The van der Waals surface area contributed by atoms with E-state index < -0.39 is 5.91 Å². The van der Waals surface area contributed by atoms with Crippen LogP contribution in [0.25, 0.3) is 5.65 Å². The van der Waals surface area contributed by atoms with E-state index in [4.69, 9.17) is 33.9 Å². The van der Waals surface area contributed by atoms with Crippen molar-refractivity contribution in [1.82, 2.24) is 24.5 Å². The van der Waals surface area contributed by atoms with Crippen molar-refractivity contribution in [3.8, 4) is 0 Å². The van der Waals surface area contributed by atoms with E-state index in [2.05, 4.69) is 32.2 Å². The van der Waals surface area contributed by atoms with Gasteiger partial charge in [0.15, 0.2) is 5.65 Å². The molecule has 0 atom stereocenters. The number of anilines is 2. The molecule has 152 valence electrons. The number of halogens is 2. The minimum absolute atomic E-state index is 0.186. The summed E-state index contributed by atoms with van der Waals surface area (Å²) in [6.07, 6.45) is 1.39. The second-order valence-corrected chi connectivity index (χ2v) is 7.72. The first-order valence-electron chi connectivity index (χ1n) is 9.09. The van der Waals surface area contributed by atoms with Gasteiger partial charge in [0, 0.05) is 42.8 Å². The highest BCUT2D eigenvalue weighted by atomic mass is 35.5. The van der Waals surface area contributed by atoms with Gasteiger partial charge in [-0.2, -0.15) is 14.6 Å². The largest absolute Gasteiger partial charge is 0.365 e. The van der Waals surface area contributed by atoms with Crippen LogP contribution in [0.15, 0.2) is 24.5 Å². The molecule has 9 nitrogen and oxygen atoms in total. The van der Waals surface area contributed by atoms with Crippen LogP contribution in [0.3, 0.4) is 0 Å². The fraction of sp³-hybridized carbons (Fsp3) is 0.333. The molecule has 1 aliphatic heterocycles. The molecule has 0 spiro atoms. The molecule has 29 heavy (non-hydrogen) atoms. The highest BCUT2D eigenvalue weighted by molar-refractivity contribution is 6.35. The SMILES string of the molecule is CN1CCN(c2nc(NCc3ccc(Cl)cc3Cl)c(C(N)=O)c3ncnn23)CC1. The summed E-state index contributed by atoms with van der Waals surface area (Å²) in [7, 11) is 2.08. The number of nitrogens with one attached hydrogen (secondary N) is 1. The number of likely N-dealkylation sites (N-methyl/N-ethyl adjacent to an activating group) is 1. The predicted molar refractivity (Wildman–Crippen MR) is 113 cm³/mol. The second-order valence-electron chi connectivity index (χ2n) is 6.87. The molecule has 3 aromatic rings. The monoisotopic (exact) mass is 434 g/mol. The van der Waals surface area contributed by atoms with Crippen molar-refractivity contribution in [1.29, 1.82) is 0 Å². The lowest BCUT2D eigenvalue weighted by atomic mass is 10.2. The number of carbonyl (C=O) groups is 1. The molecule has 0 radical (unpaired) electrons. The van der Waals surface area contributed by atoms with Gasteiger partial charge in [-0.15, -0.1) is 0 Å². The van der Waals surface area contributed by atoms with E-state index in [-0.39, 0.29) is 5.56 Å². The molecule has 11 heteroatoms. The normalized spacial score (nSPS) is 15.1. The molecule has 1 fully saturated rings. The third-order valence-electron chi connectivity index (χ3n) is 4.90. The number of piperazine rings is 1. The maximum atomic E-state index is 12.2. The summed E-state index contributed by atoms with van der Waals surface area (Å²) in [5.41, 5.74) is 7.01. The zero-order valence-corrected chi connectivity index (χ0v) is 17.3. The number of nitrogens with zero attached hydrogens (tertiary/aromatic N) is 6. The lowest BCUT2D eigenvalue weighted by molar-refractivity contribution is 0.100. The maximum absolute atomic E-state index is 12.2. The Bertz CT molecular complexity index is 1060.